The van der Waals surface area contributed by atoms with Gasteiger partial charge in [-0.15, -0.1) is 0 Å². The Labute approximate surface area is 128 Å². The van der Waals surface area contributed by atoms with E-state index >= 15 is 0 Å². The number of benzene rings is 1. The molecule has 6 nitrogen and oxygen atoms in total. The summed E-state index contributed by atoms with van der Waals surface area (Å²) in [5.74, 6) is -0.191. The lowest BCUT2D eigenvalue weighted by Crippen LogP contribution is -2.48. The molecule has 2 fully saturated rings. The third kappa shape index (κ3) is 3.36. The van der Waals surface area contributed by atoms with E-state index in [1.165, 1.54) is 6.07 Å². The lowest BCUT2D eigenvalue weighted by molar-refractivity contribution is -0.571. The van der Waals surface area contributed by atoms with Crippen LogP contribution in [0.3, 0.4) is 0 Å². The van der Waals surface area contributed by atoms with Crippen molar-refractivity contribution in [2.75, 3.05) is 37.6 Å². The van der Waals surface area contributed by atoms with Gasteiger partial charge >= 0.3 is 6.23 Å². The quantitative estimate of drug-likeness (QED) is 0.626. The highest BCUT2D eigenvalue weighted by molar-refractivity contribution is 5.47. The molecule has 120 valence electrons. The molecule has 3 rings (SSSR count). The summed E-state index contributed by atoms with van der Waals surface area (Å²) in [6.07, 6.45) is 0.326. The zero-order chi connectivity index (χ0) is 15.5. The van der Waals surface area contributed by atoms with E-state index in [1.807, 2.05) is 11.0 Å². The molecule has 1 aromatic carbocycles. The van der Waals surface area contributed by atoms with Crippen molar-refractivity contribution < 1.29 is 14.1 Å². The number of para-hydroxylation sites is 1. The van der Waals surface area contributed by atoms with Crippen LogP contribution in [0.4, 0.5) is 10.1 Å². The SMILES string of the molecule is O=[N+]([O-])C1CCC(CN2CCN(c3ccccc3F)CC2)O1. The van der Waals surface area contributed by atoms with Gasteiger partial charge in [-0.1, -0.05) is 12.1 Å². The number of hydrogen-bond acceptors (Lipinski definition) is 5. The summed E-state index contributed by atoms with van der Waals surface area (Å²) in [5, 5.41) is 10.7. The van der Waals surface area contributed by atoms with Gasteiger partial charge in [-0.2, -0.15) is 0 Å². The average molecular weight is 309 g/mol. The van der Waals surface area contributed by atoms with Crippen LogP contribution in [-0.2, 0) is 4.74 Å². The topological polar surface area (TPSA) is 58.9 Å². The van der Waals surface area contributed by atoms with Gasteiger partial charge in [0.15, 0.2) is 0 Å². The second-order valence-corrected chi connectivity index (χ2v) is 5.81. The minimum Gasteiger partial charge on any atom is -0.367 e. The van der Waals surface area contributed by atoms with Crippen LogP contribution in [0.2, 0.25) is 0 Å². The Bertz CT molecular complexity index is 535. The Hall–Kier alpha value is -1.73. The third-order valence-corrected chi connectivity index (χ3v) is 4.35. The van der Waals surface area contributed by atoms with E-state index < -0.39 is 6.23 Å². The summed E-state index contributed by atoms with van der Waals surface area (Å²) in [5.41, 5.74) is 0.646. The Kier molecular flexibility index (Phi) is 4.54. The second-order valence-electron chi connectivity index (χ2n) is 5.81. The highest BCUT2D eigenvalue weighted by atomic mass is 19.1. The molecule has 1 aromatic rings. The number of rotatable bonds is 4. The lowest BCUT2D eigenvalue weighted by atomic mass is 10.2. The first-order valence-corrected chi connectivity index (χ1v) is 7.64. The summed E-state index contributed by atoms with van der Waals surface area (Å²) in [6, 6.07) is 6.81. The Morgan fingerprint density at radius 2 is 1.95 bits per heavy atom. The van der Waals surface area contributed by atoms with Crippen molar-refractivity contribution in [1.82, 2.24) is 4.90 Å². The summed E-state index contributed by atoms with van der Waals surface area (Å²) in [6.45, 7) is 3.86. The van der Waals surface area contributed by atoms with Gasteiger partial charge in [0, 0.05) is 39.1 Å². The Morgan fingerprint density at radius 1 is 1.23 bits per heavy atom. The van der Waals surface area contributed by atoms with Crippen molar-refractivity contribution in [2.45, 2.75) is 25.2 Å². The molecule has 0 N–H and O–H groups in total. The zero-order valence-electron chi connectivity index (χ0n) is 12.4. The van der Waals surface area contributed by atoms with E-state index in [2.05, 4.69) is 4.90 Å². The van der Waals surface area contributed by atoms with Crippen LogP contribution in [0, 0.1) is 15.9 Å². The van der Waals surface area contributed by atoms with Gasteiger partial charge in [0.2, 0.25) is 0 Å². The van der Waals surface area contributed by atoms with Crippen LogP contribution in [0.15, 0.2) is 24.3 Å². The number of hydrogen-bond donors (Lipinski definition) is 0. The standard InChI is InChI=1S/C15H20FN3O3/c16-13-3-1-2-4-14(13)18-9-7-17(8-10-18)11-12-5-6-15(22-12)19(20)21/h1-4,12,15H,5-11H2. The lowest BCUT2D eigenvalue weighted by Gasteiger charge is -2.37. The highest BCUT2D eigenvalue weighted by Gasteiger charge is 2.34. The molecule has 0 saturated carbocycles. The molecule has 0 aliphatic carbocycles. The molecule has 0 bridgehead atoms. The van der Waals surface area contributed by atoms with Crippen LogP contribution >= 0.6 is 0 Å². The van der Waals surface area contributed by atoms with E-state index in [-0.39, 0.29) is 16.8 Å². The first-order valence-electron chi connectivity index (χ1n) is 7.64. The van der Waals surface area contributed by atoms with Crippen molar-refractivity contribution in [3.8, 4) is 0 Å². The number of halogens is 1. The molecular formula is C15H20FN3O3. The number of nitro groups is 1. The van der Waals surface area contributed by atoms with Crippen LogP contribution in [0.5, 0.6) is 0 Å². The maximum atomic E-state index is 13.8. The van der Waals surface area contributed by atoms with Crippen molar-refractivity contribution in [2.24, 2.45) is 0 Å². The molecule has 2 atom stereocenters. The van der Waals surface area contributed by atoms with Crippen LogP contribution in [-0.4, -0.2) is 54.9 Å². The molecule has 0 radical (unpaired) electrons. The van der Waals surface area contributed by atoms with Gasteiger partial charge < -0.3 is 9.64 Å². The highest BCUT2D eigenvalue weighted by Crippen LogP contribution is 2.23. The van der Waals surface area contributed by atoms with Gasteiger partial charge in [-0.05, 0) is 18.6 Å². The minimum atomic E-state index is -0.843. The number of anilines is 1. The van der Waals surface area contributed by atoms with E-state index in [1.54, 1.807) is 12.1 Å². The predicted octanol–water partition coefficient (Wildman–Crippen LogP) is 1.73. The molecule has 2 unspecified atom stereocenters. The van der Waals surface area contributed by atoms with Crippen molar-refractivity contribution in [3.63, 3.8) is 0 Å². The molecule has 2 aliphatic heterocycles. The zero-order valence-corrected chi connectivity index (χ0v) is 12.4. The second kappa shape index (κ2) is 6.58. The van der Waals surface area contributed by atoms with E-state index in [9.17, 15) is 14.5 Å². The van der Waals surface area contributed by atoms with E-state index in [0.29, 0.717) is 12.1 Å². The Morgan fingerprint density at radius 3 is 2.59 bits per heavy atom. The summed E-state index contributed by atoms with van der Waals surface area (Å²) >= 11 is 0. The van der Waals surface area contributed by atoms with Crippen LogP contribution < -0.4 is 4.90 Å². The van der Waals surface area contributed by atoms with Crippen LogP contribution in [0.1, 0.15) is 12.8 Å². The largest absolute Gasteiger partial charge is 0.367 e. The van der Waals surface area contributed by atoms with Crippen LogP contribution in [0.25, 0.3) is 0 Å². The van der Waals surface area contributed by atoms with Crippen molar-refractivity contribution in [3.05, 3.63) is 40.2 Å². The maximum absolute atomic E-state index is 13.8. The third-order valence-electron chi connectivity index (χ3n) is 4.35. The van der Waals surface area contributed by atoms with Gasteiger partial charge in [0.1, 0.15) is 5.82 Å². The van der Waals surface area contributed by atoms with Gasteiger partial charge in [0.05, 0.1) is 16.7 Å². The molecule has 2 heterocycles. The Balaban J connectivity index is 1.48. The molecule has 2 aliphatic rings. The monoisotopic (exact) mass is 309 g/mol. The van der Waals surface area contributed by atoms with E-state index in [4.69, 9.17) is 4.74 Å². The van der Waals surface area contributed by atoms with Gasteiger partial charge in [-0.25, -0.2) is 4.39 Å². The first-order chi connectivity index (χ1) is 10.6. The summed E-state index contributed by atoms with van der Waals surface area (Å²) in [4.78, 5) is 14.6. The molecule has 7 heteroatoms. The molecule has 0 amide bonds. The fourth-order valence-corrected chi connectivity index (χ4v) is 3.14. The van der Waals surface area contributed by atoms with Crippen molar-refractivity contribution in [1.29, 1.82) is 0 Å². The summed E-state index contributed by atoms with van der Waals surface area (Å²) in [7, 11) is 0. The number of ether oxygens (including phenoxy) is 1. The first kappa shape index (κ1) is 15.2. The fourth-order valence-electron chi connectivity index (χ4n) is 3.14. The van der Waals surface area contributed by atoms with Crippen molar-refractivity contribution >= 4 is 5.69 Å². The molecular weight excluding hydrogens is 289 g/mol. The molecule has 22 heavy (non-hydrogen) atoms. The molecule has 2 saturated heterocycles. The minimum absolute atomic E-state index is 0.0598. The maximum Gasteiger partial charge on any atom is 0.315 e. The predicted molar refractivity (Wildman–Crippen MR) is 79.9 cm³/mol. The summed E-state index contributed by atoms with van der Waals surface area (Å²) < 4.78 is 19.2. The fraction of sp³-hybridized carbons (Fsp3) is 0.600. The molecule has 0 aromatic heterocycles. The van der Waals surface area contributed by atoms with Gasteiger partial charge in [-0.3, -0.25) is 15.0 Å². The number of nitrogens with zero attached hydrogens (tertiary/aromatic N) is 3. The van der Waals surface area contributed by atoms with E-state index in [0.717, 1.165) is 39.1 Å². The normalized spacial score (nSPS) is 26.3. The average Bonchev–Trinajstić information content (AvgIpc) is 2.98. The number of piperazine rings is 1. The van der Waals surface area contributed by atoms with Gasteiger partial charge in [0.25, 0.3) is 0 Å². The smallest absolute Gasteiger partial charge is 0.315 e. The molecule has 0 spiro atoms.